The molecule has 1 amide bonds. The van der Waals surface area contributed by atoms with Gasteiger partial charge in [-0.3, -0.25) is 9.78 Å². The van der Waals surface area contributed by atoms with Gasteiger partial charge in [-0.2, -0.15) is 0 Å². The maximum absolute atomic E-state index is 13.4. The van der Waals surface area contributed by atoms with Crippen molar-refractivity contribution in [3.05, 3.63) is 89.2 Å². The third-order valence-corrected chi connectivity index (χ3v) is 7.23. The number of aryl methyl sites for hydroxylation is 2. The molecule has 162 valence electrons. The highest BCUT2D eigenvalue weighted by Crippen LogP contribution is 2.29. The summed E-state index contributed by atoms with van der Waals surface area (Å²) in [6.45, 7) is 6.18. The van der Waals surface area contributed by atoms with Crippen LogP contribution in [-0.2, 0) is 9.84 Å². The number of aromatic nitrogens is 1. The molecule has 0 fully saturated rings. The normalized spacial score (nSPS) is 12.2. The van der Waals surface area contributed by atoms with Crippen LogP contribution >= 0.6 is 0 Å². The van der Waals surface area contributed by atoms with Gasteiger partial charge in [0.15, 0.2) is 9.84 Å². The minimum atomic E-state index is -3.79. The van der Waals surface area contributed by atoms with E-state index in [1.807, 2.05) is 26.8 Å². The van der Waals surface area contributed by atoms with Gasteiger partial charge in [0.25, 0.3) is 5.91 Å². The molecule has 1 unspecified atom stereocenters. The molecule has 0 saturated heterocycles. The van der Waals surface area contributed by atoms with E-state index in [2.05, 4.69) is 10.3 Å². The number of amides is 1. The highest BCUT2D eigenvalue weighted by molar-refractivity contribution is 7.91. The number of benzene rings is 2. The number of nitrogens with one attached hydrogen (secondary N) is 1. The van der Waals surface area contributed by atoms with E-state index < -0.39 is 15.1 Å². The van der Waals surface area contributed by atoms with E-state index in [4.69, 9.17) is 4.74 Å². The average Bonchev–Trinajstić information content (AvgIpc) is 2.77. The summed E-state index contributed by atoms with van der Waals surface area (Å²) in [5.74, 6) is 0.279. The van der Waals surface area contributed by atoms with Gasteiger partial charge < -0.3 is 10.1 Å². The van der Waals surface area contributed by atoms with E-state index in [1.165, 1.54) is 18.3 Å². The van der Waals surface area contributed by atoms with E-state index in [-0.39, 0.29) is 17.3 Å². The van der Waals surface area contributed by atoms with Crippen LogP contribution in [0.2, 0.25) is 0 Å². The molecule has 1 atom stereocenters. The Morgan fingerprint density at radius 1 is 1.06 bits per heavy atom. The van der Waals surface area contributed by atoms with Gasteiger partial charge in [-0.05, 0) is 79.9 Å². The molecule has 3 rings (SSSR count). The SMILES string of the molecule is CCOc1ccc(S(=O)(=O)C(CNC(=O)c2ccc(C)c(C)c2)c2cccnc2)cc1. The van der Waals surface area contributed by atoms with Crippen molar-refractivity contribution in [1.29, 1.82) is 0 Å². The van der Waals surface area contributed by atoms with E-state index in [1.54, 1.807) is 42.6 Å². The molecule has 7 heteroatoms. The first-order valence-corrected chi connectivity index (χ1v) is 11.6. The Morgan fingerprint density at radius 3 is 2.42 bits per heavy atom. The molecule has 2 aromatic carbocycles. The smallest absolute Gasteiger partial charge is 0.251 e. The molecule has 0 aliphatic carbocycles. The van der Waals surface area contributed by atoms with Gasteiger partial charge in [-0.1, -0.05) is 12.1 Å². The van der Waals surface area contributed by atoms with Crippen LogP contribution in [0.25, 0.3) is 0 Å². The topological polar surface area (TPSA) is 85.4 Å². The van der Waals surface area contributed by atoms with Crippen molar-refractivity contribution in [1.82, 2.24) is 10.3 Å². The minimum absolute atomic E-state index is 0.0764. The number of carbonyl (C=O) groups excluding carboxylic acids is 1. The van der Waals surface area contributed by atoms with Crippen LogP contribution in [0.5, 0.6) is 5.75 Å². The number of rotatable bonds is 8. The molecule has 1 heterocycles. The van der Waals surface area contributed by atoms with Crippen molar-refractivity contribution in [2.45, 2.75) is 30.9 Å². The summed E-state index contributed by atoms with van der Waals surface area (Å²) >= 11 is 0. The first kappa shape index (κ1) is 22.5. The van der Waals surface area contributed by atoms with E-state index in [9.17, 15) is 13.2 Å². The van der Waals surface area contributed by atoms with Crippen molar-refractivity contribution < 1.29 is 17.9 Å². The maximum atomic E-state index is 13.4. The fourth-order valence-corrected chi connectivity index (χ4v) is 4.84. The second kappa shape index (κ2) is 9.75. The van der Waals surface area contributed by atoms with E-state index in [0.29, 0.717) is 23.5 Å². The molecule has 0 aliphatic heterocycles. The van der Waals surface area contributed by atoms with Crippen LogP contribution in [0, 0.1) is 13.8 Å². The molecule has 0 saturated carbocycles. The summed E-state index contributed by atoms with van der Waals surface area (Å²) in [5.41, 5.74) is 3.09. The highest BCUT2D eigenvalue weighted by atomic mass is 32.2. The van der Waals surface area contributed by atoms with Crippen LogP contribution in [0.1, 0.15) is 39.2 Å². The maximum Gasteiger partial charge on any atom is 0.251 e. The molecular weight excluding hydrogens is 412 g/mol. The number of hydrogen-bond acceptors (Lipinski definition) is 5. The Kier molecular flexibility index (Phi) is 7.07. The predicted molar refractivity (Wildman–Crippen MR) is 120 cm³/mol. The summed E-state index contributed by atoms with van der Waals surface area (Å²) in [6.07, 6.45) is 3.09. The lowest BCUT2D eigenvalue weighted by molar-refractivity contribution is 0.0953. The molecule has 0 radical (unpaired) electrons. The lowest BCUT2D eigenvalue weighted by Gasteiger charge is -2.19. The minimum Gasteiger partial charge on any atom is -0.494 e. The fourth-order valence-electron chi connectivity index (χ4n) is 3.20. The summed E-state index contributed by atoms with van der Waals surface area (Å²) in [4.78, 5) is 16.9. The zero-order valence-electron chi connectivity index (χ0n) is 17.8. The standard InChI is InChI=1S/C24H26N2O4S/c1-4-30-21-9-11-22(12-10-21)31(28,29)23(20-6-5-13-25-15-20)16-26-24(27)19-8-7-17(2)18(3)14-19/h5-15,23H,4,16H2,1-3H3,(H,26,27). The van der Waals surface area contributed by atoms with Crippen molar-refractivity contribution >= 4 is 15.7 Å². The van der Waals surface area contributed by atoms with Crippen LogP contribution in [0.15, 0.2) is 71.9 Å². The second-order valence-corrected chi connectivity index (χ2v) is 9.36. The number of hydrogen-bond donors (Lipinski definition) is 1. The number of nitrogens with zero attached hydrogens (tertiary/aromatic N) is 1. The first-order valence-electron chi connectivity index (χ1n) is 10.0. The second-order valence-electron chi connectivity index (χ2n) is 7.23. The molecule has 0 aliphatic rings. The fraction of sp³-hybridized carbons (Fsp3) is 0.250. The summed E-state index contributed by atoms with van der Waals surface area (Å²) in [6, 6.07) is 15.1. The molecule has 0 spiro atoms. The average molecular weight is 439 g/mol. The Labute approximate surface area is 183 Å². The number of ether oxygens (including phenoxy) is 1. The largest absolute Gasteiger partial charge is 0.494 e. The van der Waals surface area contributed by atoms with Gasteiger partial charge in [0, 0.05) is 24.5 Å². The van der Waals surface area contributed by atoms with Gasteiger partial charge in [-0.15, -0.1) is 0 Å². The van der Waals surface area contributed by atoms with Gasteiger partial charge in [0.2, 0.25) is 0 Å². The van der Waals surface area contributed by atoms with Crippen LogP contribution in [0.4, 0.5) is 0 Å². The molecule has 0 bridgehead atoms. The molecule has 3 aromatic rings. The summed E-state index contributed by atoms with van der Waals surface area (Å²) in [7, 11) is -3.79. The predicted octanol–water partition coefficient (Wildman–Crippen LogP) is 4.04. The van der Waals surface area contributed by atoms with Crippen molar-refractivity contribution in [3.63, 3.8) is 0 Å². The molecular formula is C24H26N2O4S. The highest BCUT2D eigenvalue weighted by Gasteiger charge is 2.30. The molecule has 1 N–H and O–H groups in total. The zero-order valence-corrected chi connectivity index (χ0v) is 18.6. The number of sulfone groups is 1. The van der Waals surface area contributed by atoms with Gasteiger partial charge in [0.1, 0.15) is 11.0 Å². The van der Waals surface area contributed by atoms with Gasteiger partial charge in [0.05, 0.1) is 11.5 Å². The summed E-state index contributed by atoms with van der Waals surface area (Å²) < 4.78 is 32.3. The summed E-state index contributed by atoms with van der Waals surface area (Å²) in [5, 5.41) is 1.80. The van der Waals surface area contributed by atoms with Gasteiger partial charge in [-0.25, -0.2) is 8.42 Å². The molecule has 31 heavy (non-hydrogen) atoms. The Hall–Kier alpha value is -3.19. The van der Waals surface area contributed by atoms with E-state index >= 15 is 0 Å². The Bertz CT molecular complexity index is 1140. The Morgan fingerprint density at radius 2 is 1.81 bits per heavy atom. The van der Waals surface area contributed by atoms with Crippen LogP contribution in [-0.4, -0.2) is 32.5 Å². The third kappa shape index (κ3) is 5.30. The first-order chi connectivity index (χ1) is 14.8. The molecule has 1 aromatic heterocycles. The van der Waals surface area contributed by atoms with Gasteiger partial charge >= 0.3 is 0 Å². The lowest BCUT2D eigenvalue weighted by atomic mass is 10.1. The van der Waals surface area contributed by atoms with E-state index in [0.717, 1.165) is 11.1 Å². The monoisotopic (exact) mass is 438 g/mol. The quantitative estimate of drug-likeness (QED) is 0.574. The van der Waals surface area contributed by atoms with Crippen molar-refractivity contribution in [3.8, 4) is 5.75 Å². The van der Waals surface area contributed by atoms with Crippen molar-refractivity contribution in [2.75, 3.05) is 13.2 Å². The van der Waals surface area contributed by atoms with Crippen LogP contribution < -0.4 is 10.1 Å². The third-order valence-electron chi connectivity index (χ3n) is 5.11. The van der Waals surface area contributed by atoms with Crippen LogP contribution in [0.3, 0.4) is 0 Å². The lowest BCUT2D eigenvalue weighted by Crippen LogP contribution is -2.32. The number of carbonyl (C=O) groups is 1. The molecule has 6 nitrogen and oxygen atoms in total. The zero-order chi connectivity index (χ0) is 22.4. The number of pyridine rings is 1. The van der Waals surface area contributed by atoms with Crippen molar-refractivity contribution in [2.24, 2.45) is 0 Å². The Balaban J connectivity index is 1.87.